The highest BCUT2D eigenvalue weighted by atomic mass is 16.5. The SMILES string of the molecule is CCCCc1cc2c(=O)c(C(=O)OC)c(C)[nH]c2cc1OCCOc1ccccc1. The van der Waals surface area contributed by atoms with Crippen LogP contribution in [0.25, 0.3) is 10.9 Å². The predicted molar refractivity (Wildman–Crippen MR) is 117 cm³/mol. The van der Waals surface area contributed by atoms with Crippen LogP contribution in [0.15, 0.2) is 47.3 Å². The van der Waals surface area contributed by atoms with Gasteiger partial charge in [-0.1, -0.05) is 31.5 Å². The minimum Gasteiger partial charge on any atom is -0.490 e. The van der Waals surface area contributed by atoms with Gasteiger partial charge in [-0.2, -0.15) is 0 Å². The Morgan fingerprint density at radius 2 is 1.80 bits per heavy atom. The number of unbranched alkanes of at least 4 members (excludes halogenated alkanes) is 1. The molecular formula is C24H27NO5. The zero-order chi connectivity index (χ0) is 21.5. The quantitative estimate of drug-likeness (QED) is 0.418. The molecule has 0 atom stereocenters. The number of hydrogen-bond donors (Lipinski definition) is 1. The number of nitrogens with one attached hydrogen (secondary N) is 1. The zero-order valence-corrected chi connectivity index (χ0v) is 17.6. The lowest BCUT2D eigenvalue weighted by molar-refractivity contribution is 0.0598. The fraction of sp³-hybridized carbons (Fsp3) is 0.333. The number of pyridine rings is 1. The molecule has 0 bridgehead atoms. The van der Waals surface area contributed by atoms with Gasteiger partial charge in [-0.3, -0.25) is 4.79 Å². The number of carbonyl (C=O) groups excluding carboxylic acids is 1. The smallest absolute Gasteiger partial charge is 0.343 e. The first-order valence-corrected chi connectivity index (χ1v) is 10.1. The van der Waals surface area contributed by atoms with Gasteiger partial charge in [0.15, 0.2) is 0 Å². The molecule has 1 heterocycles. The fourth-order valence-electron chi connectivity index (χ4n) is 3.36. The van der Waals surface area contributed by atoms with Gasteiger partial charge in [0.05, 0.1) is 12.6 Å². The van der Waals surface area contributed by atoms with Crippen molar-refractivity contribution in [3.05, 3.63) is 69.5 Å². The molecule has 2 aromatic carbocycles. The number of aromatic amines is 1. The Kier molecular flexibility index (Phi) is 7.12. The van der Waals surface area contributed by atoms with Gasteiger partial charge >= 0.3 is 5.97 Å². The Labute approximate surface area is 175 Å². The van der Waals surface area contributed by atoms with E-state index in [1.54, 1.807) is 6.92 Å². The van der Waals surface area contributed by atoms with E-state index in [0.29, 0.717) is 35.6 Å². The van der Waals surface area contributed by atoms with Crippen LogP contribution in [0.2, 0.25) is 0 Å². The van der Waals surface area contributed by atoms with Gasteiger partial charge in [0.1, 0.15) is 30.3 Å². The molecule has 3 aromatic rings. The molecule has 158 valence electrons. The highest BCUT2D eigenvalue weighted by Crippen LogP contribution is 2.26. The maximum absolute atomic E-state index is 12.9. The van der Waals surface area contributed by atoms with Crippen molar-refractivity contribution < 1.29 is 19.0 Å². The summed E-state index contributed by atoms with van der Waals surface area (Å²) < 4.78 is 16.5. The van der Waals surface area contributed by atoms with E-state index >= 15 is 0 Å². The number of carbonyl (C=O) groups is 1. The molecule has 0 saturated heterocycles. The molecular weight excluding hydrogens is 382 g/mol. The van der Waals surface area contributed by atoms with Crippen molar-refractivity contribution >= 4 is 16.9 Å². The molecule has 0 aliphatic rings. The average molecular weight is 409 g/mol. The Morgan fingerprint density at radius 3 is 2.50 bits per heavy atom. The highest BCUT2D eigenvalue weighted by molar-refractivity contribution is 5.95. The molecule has 3 rings (SSSR count). The van der Waals surface area contributed by atoms with E-state index in [1.165, 1.54) is 7.11 Å². The van der Waals surface area contributed by atoms with Crippen LogP contribution in [-0.4, -0.2) is 31.3 Å². The summed E-state index contributed by atoms with van der Waals surface area (Å²) in [6, 6.07) is 13.2. The van der Waals surface area contributed by atoms with Crippen LogP contribution in [0.4, 0.5) is 0 Å². The number of benzene rings is 2. The largest absolute Gasteiger partial charge is 0.490 e. The molecule has 0 fully saturated rings. The predicted octanol–water partition coefficient (Wildman–Crippen LogP) is 4.42. The number of fused-ring (bicyclic) bond motifs is 1. The third-order valence-electron chi connectivity index (χ3n) is 4.91. The Morgan fingerprint density at radius 1 is 1.07 bits per heavy atom. The second-order valence-corrected chi connectivity index (χ2v) is 7.06. The van der Waals surface area contributed by atoms with Crippen LogP contribution in [0.5, 0.6) is 11.5 Å². The minimum atomic E-state index is -0.635. The van der Waals surface area contributed by atoms with Crippen molar-refractivity contribution in [2.45, 2.75) is 33.1 Å². The summed E-state index contributed by atoms with van der Waals surface area (Å²) in [7, 11) is 1.27. The molecule has 0 unspecified atom stereocenters. The van der Waals surface area contributed by atoms with E-state index in [4.69, 9.17) is 14.2 Å². The molecule has 0 aliphatic heterocycles. The maximum Gasteiger partial charge on any atom is 0.343 e. The van der Waals surface area contributed by atoms with Crippen molar-refractivity contribution in [1.82, 2.24) is 4.98 Å². The third kappa shape index (κ3) is 4.82. The van der Waals surface area contributed by atoms with Gasteiger partial charge in [0.25, 0.3) is 0 Å². The van der Waals surface area contributed by atoms with Crippen LogP contribution in [0.1, 0.15) is 41.4 Å². The molecule has 1 aromatic heterocycles. The number of rotatable bonds is 9. The number of ether oxygens (including phenoxy) is 3. The fourth-order valence-corrected chi connectivity index (χ4v) is 3.36. The van der Waals surface area contributed by atoms with E-state index in [-0.39, 0.29) is 11.0 Å². The number of esters is 1. The number of aryl methyl sites for hydroxylation is 2. The van der Waals surface area contributed by atoms with E-state index in [2.05, 4.69) is 11.9 Å². The molecule has 0 amide bonds. The summed E-state index contributed by atoms with van der Waals surface area (Å²) in [5.74, 6) is 0.874. The first kappa shape index (κ1) is 21.4. The Bertz CT molecular complexity index is 1070. The molecule has 6 nitrogen and oxygen atoms in total. The number of methoxy groups -OCH3 is 1. The average Bonchev–Trinajstić information content (AvgIpc) is 2.76. The van der Waals surface area contributed by atoms with Crippen molar-refractivity contribution in [1.29, 1.82) is 0 Å². The first-order valence-electron chi connectivity index (χ1n) is 10.1. The normalized spacial score (nSPS) is 10.8. The van der Waals surface area contributed by atoms with E-state index in [9.17, 15) is 9.59 Å². The van der Waals surface area contributed by atoms with Crippen LogP contribution in [-0.2, 0) is 11.2 Å². The lowest BCUT2D eigenvalue weighted by atomic mass is 10.0. The summed E-state index contributed by atoms with van der Waals surface area (Å²) in [4.78, 5) is 28.1. The zero-order valence-electron chi connectivity index (χ0n) is 17.6. The van der Waals surface area contributed by atoms with Gasteiger partial charge in [0, 0.05) is 17.1 Å². The minimum absolute atomic E-state index is 0.0383. The summed E-state index contributed by atoms with van der Waals surface area (Å²) in [5.41, 5.74) is 1.75. The molecule has 30 heavy (non-hydrogen) atoms. The lowest BCUT2D eigenvalue weighted by Crippen LogP contribution is -2.20. The number of hydrogen-bond acceptors (Lipinski definition) is 5. The van der Waals surface area contributed by atoms with Crippen molar-refractivity contribution in [2.75, 3.05) is 20.3 Å². The molecule has 1 N–H and O–H groups in total. The van der Waals surface area contributed by atoms with Crippen molar-refractivity contribution in [2.24, 2.45) is 0 Å². The maximum atomic E-state index is 12.9. The first-order chi connectivity index (χ1) is 14.5. The van der Waals surface area contributed by atoms with E-state index < -0.39 is 5.97 Å². The summed E-state index contributed by atoms with van der Waals surface area (Å²) in [6.07, 6.45) is 2.77. The monoisotopic (exact) mass is 409 g/mol. The third-order valence-corrected chi connectivity index (χ3v) is 4.91. The van der Waals surface area contributed by atoms with Crippen LogP contribution in [0.3, 0.4) is 0 Å². The van der Waals surface area contributed by atoms with Gasteiger partial charge in [-0.15, -0.1) is 0 Å². The second-order valence-electron chi connectivity index (χ2n) is 7.06. The van der Waals surface area contributed by atoms with Gasteiger partial charge in [-0.25, -0.2) is 4.79 Å². The highest BCUT2D eigenvalue weighted by Gasteiger charge is 2.19. The number of para-hydroxylation sites is 1. The molecule has 0 radical (unpaired) electrons. The van der Waals surface area contributed by atoms with Crippen molar-refractivity contribution in [3.63, 3.8) is 0 Å². The van der Waals surface area contributed by atoms with Gasteiger partial charge in [-0.05, 0) is 43.5 Å². The van der Waals surface area contributed by atoms with Crippen molar-refractivity contribution in [3.8, 4) is 11.5 Å². The van der Waals surface area contributed by atoms with Crippen LogP contribution >= 0.6 is 0 Å². The molecule has 0 spiro atoms. The second kappa shape index (κ2) is 9.96. The Balaban J connectivity index is 1.88. The summed E-state index contributed by atoms with van der Waals surface area (Å²) in [6.45, 7) is 4.59. The molecule has 6 heteroatoms. The number of aromatic nitrogens is 1. The Hall–Kier alpha value is -3.28. The summed E-state index contributed by atoms with van der Waals surface area (Å²) >= 11 is 0. The topological polar surface area (TPSA) is 77.6 Å². The molecule has 0 saturated carbocycles. The number of H-pyrrole nitrogens is 1. The van der Waals surface area contributed by atoms with E-state index in [1.807, 2.05) is 42.5 Å². The standard InChI is InChI=1S/C24H27NO5/c1-4-5-9-17-14-19-20(25-16(2)22(23(19)26)24(27)28-3)15-21(17)30-13-12-29-18-10-7-6-8-11-18/h6-8,10-11,14-15H,4-5,9,12-13H2,1-3H3,(H,25,26). The van der Waals surface area contributed by atoms with Crippen LogP contribution in [0, 0.1) is 6.92 Å². The summed E-state index contributed by atoms with van der Waals surface area (Å²) in [5, 5.41) is 0.458. The molecule has 0 aliphatic carbocycles. The van der Waals surface area contributed by atoms with Crippen LogP contribution < -0.4 is 14.9 Å². The van der Waals surface area contributed by atoms with Gasteiger partial charge in [0.2, 0.25) is 5.43 Å². The van der Waals surface area contributed by atoms with Gasteiger partial charge < -0.3 is 19.2 Å². The van der Waals surface area contributed by atoms with E-state index in [0.717, 1.165) is 30.6 Å². The lowest BCUT2D eigenvalue weighted by Gasteiger charge is -2.15.